The highest BCUT2D eigenvalue weighted by Gasteiger charge is 2.31. The number of amides is 3. The first-order valence-corrected chi connectivity index (χ1v) is 14.8. The van der Waals surface area contributed by atoms with E-state index < -0.39 is 12.1 Å². The minimum atomic E-state index is -0.823. The van der Waals surface area contributed by atoms with Crippen molar-refractivity contribution in [3.8, 4) is 11.1 Å². The van der Waals surface area contributed by atoms with Gasteiger partial charge in [0, 0.05) is 44.6 Å². The number of fused-ring (bicyclic) bond motifs is 1. The van der Waals surface area contributed by atoms with Crippen LogP contribution in [0.2, 0.25) is 0 Å². The molecule has 9 heteroatoms. The molecule has 1 aliphatic rings. The van der Waals surface area contributed by atoms with Gasteiger partial charge in [0.05, 0.1) is 6.10 Å². The molecule has 0 aliphatic carbocycles. The Bertz CT molecular complexity index is 1430. The molecule has 228 valence electrons. The van der Waals surface area contributed by atoms with Crippen LogP contribution >= 0.6 is 0 Å². The Morgan fingerprint density at radius 2 is 1.77 bits per heavy atom. The molecule has 0 saturated carbocycles. The van der Waals surface area contributed by atoms with Gasteiger partial charge in [0.25, 0.3) is 5.91 Å². The van der Waals surface area contributed by atoms with Crippen molar-refractivity contribution in [2.24, 2.45) is 5.92 Å². The number of benzene rings is 3. The summed E-state index contributed by atoms with van der Waals surface area (Å²) in [7, 11) is 0. The molecule has 1 unspecified atom stereocenters. The number of nitrogens with one attached hydrogen (secondary N) is 3. The Labute approximate surface area is 252 Å². The summed E-state index contributed by atoms with van der Waals surface area (Å²) in [5, 5.41) is 18.3. The first kappa shape index (κ1) is 31.8. The van der Waals surface area contributed by atoms with Gasteiger partial charge in [-0.15, -0.1) is 0 Å². The van der Waals surface area contributed by atoms with E-state index in [4.69, 9.17) is 0 Å². The SMILES string of the molecule is CCNC(=O)c1ccccc1-c1ccc(CN2Cc3ccc(F)cc3C[C@@H](NC(=O)CC(C)CNC[C@@H](C)O)C2=O)cc1. The minimum absolute atomic E-state index is 0.00263. The third kappa shape index (κ3) is 8.72. The predicted octanol–water partition coefficient (Wildman–Crippen LogP) is 3.81. The van der Waals surface area contributed by atoms with Crippen LogP contribution in [-0.2, 0) is 29.1 Å². The molecular weight excluding hydrogens is 547 g/mol. The highest BCUT2D eigenvalue weighted by Crippen LogP contribution is 2.26. The highest BCUT2D eigenvalue weighted by atomic mass is 19.1. The van der Waals surface area contributed by atoms with Crippen LogP contribution < -0.4 is 16.0 Å². The maximum absolute atomic E-state index is 14.2. The fraction of sp³-hybridized carbons (Fsp3) is 0.382. The van der Waals surface area contributed by atoms with E-state index >= 15 is 0 Å². The maximum atomic E-state index is 14.2. The molecule has 3 atom stereocenters. The van der Waals surface area contributed by atoms with Gasteiger partial charge in [0.2, 0.25) is 11.8 Å². The molecule has 3 aromatic carbocycles. The topological polar surface area (TPSA) is 111 Å². The number of hydrogen-bond donors (Lipinski definition) is 4. The Morgan fingerprint density at radius 3 is 2.49 bits per heavy atom. The van der Waals surface area contributed by atoms with Crippen molar-refractivity contribution in [3.63, 3.8) is 0 Å². The van der Waals surface area contributed by atoms with Gasteiger partial charge in [-0.1, -0.05) is 55.5 Å². The van der Waals surface area contributed by atoms with E-state index in [1.54, 1.807) is 24.0 Å². The highest BCUT2D eigenvalue weighted by molar-refractivity contribution is 6.00. The summed E-state index contributed by atoms with van der Waals surface area (Å²) in [5.41, 5.74) is 4.73. The van der Waals surface area contributed by atoms with Crippen LogP contribution in [0.3, 0.4) is 0 Å². The lowest BCUT2D eigenvalue weighted by Gasteiger charge is -2.26. The Morgan fingerprint density at radius 1 is 1.02 bits per heavy atom. The van der Waals surface area contributed by atoms with Crippen LogP contribution in [0.5, 0.6) is 0 Å². The van der Waals surface area contributed by atoms with E-state index in [0.717, 1.165) is 22.3 Å². The molecule has 0 spiro atoms. The van der Waals surface area contributed by atoms with Gasteiger partial charge in [-0.05, 0) is 72.3 Å². The van der Waals surface area contributed by atoms with Crippen LogP contribution in [0, 0.1) is 11.7 Å². The second-order valence-electron chi connectivity index (χ2n) is 11.4. The Kier molecular flexibility index (Phi) is 11.0. The van der Waals surface area contributed by atoms with Gasteiger partial charge in [-0.25, -0.2) is 4.39 Å². The number of nitrogens with zero attached hydrogens (tertiary/aromatic N) is 1. The van der Waals surface area contributed by atoms with Crippen LogP contribution in [0.4, 0.5) is 4.39 Å². The zero-order valence-corrected chi connectivity index (χ0v) is 25.0. The molecule has 0 saturated heterocycles. The minimum Gasteiger partial charge on any atom is -0.392 e. The molecular formula is C34H41FN4O4. The van der Waals surface area contributed by atoms with Gasteiger partial charge in [-0.3, -0.25) is 14.4 Å². The van der Waals surface area contributed by atoms with Gasteiger partial charge < -0.3 is 26.0 Å². The summed E-state index contributed by atoms with van der Waals surface area (Å²) in [6, 6.07) is 18.9. The second-order valence-corrected chi connectivity index (χ2v) is 11.4. The van der Waals surface area contributed by atoms with Crippen LogP contribution in [0.15, 0.2) is 66.7 Å². The molecule has 1 aliphatic heterocycles. The zero-order valence-electron chi connectivity index (χ0n) is 25.0. The lowest BCUT2D eigenvalue weighted by molar-refractivity contribution is -0.137. The number of aliphatic hydroxyl groups excluding tert-OH is 1. The maximum Gasteiger partial charge on any atom is 0.251 e. The van der Waals surface area contributed by atoms with Gasteiger partial charge in [0.15, 0.2) is 0 Å². The summed E-state index contributed by atoms with van der Waals surface area (Å²) in [5.74, 6) is -0.996. The lowest BCUT2D eigenvalue weighted by atomic mass is 9.98. The third-order valence-corrected chi connectivity index (χ3v) is 7.51. The number of halogens is 1. The summed E-state index contributed by atoms with van der Waals surface area (Å²) in [6.45, 7) is 7.63. The summed E-state index contributed by atoms with van der Waals surface area (Å²) < 4.78 is 14.2. The van der Waals surface area contributed by atoms with Gasteiger partial charge in [0.1, 0.15) is 11.9 Å². The monoisotopic (exact) mass is 588 g/mol. The third-order valence-electron chi connectivity index (χ3n) is 7.51. The zero-order chi connectivity index (χ0) is 30.9. The number of rotatable bonds is 12. The fourth-order valence-corrected chi connectivity index (χ4v) is 5.38. The second kappa shape index (κ2) is 14.9. The van der Waals surface area contributed by atoms with Crippen LogP contribution in [0.1, 0.15) is 54.2 Å². The molecule has 3 aromatic rings. The first-order valence-electron chi connectivity index (χ1n) is 14.8. The molecule has 0 bridgehead atoms. The summed E-state index contributed by atoms with van der Waals surface area (Å²) in [6.07, 6.45) is -0.0557. The Balaban J connectivity index is 1.50. The van der Waals surface area contributed by atoms with Crippen molar-refractivity contribution in [2.45, 2.75) is 58.8 Å². The van der Waals surface area contributed by atoms with E-state index in [1.165, 1.54) is 12.1 Å². The molecule has 43 heavy (non-hydrogen) atoms. The molecule has 1 heterocycles. The number of hydrogen-bond acceptors (Lipinski definition) is 5. The van der Waals surface area contributed by atoms with Crippen molar-refractivity contribution in [2.75, 3.05) is 19.6 Å². The van der Waals surface area contributed by atoms with Crippen molar-refractivity contribution in [1.82, 2.24) is 20.9 Å². The average Bonchev–Trinajstić information content (AvgIpc) is 3.09. The number of carbonyl (C=O) groups is 3. The number of aliphatic hydroxyl groups is 1. The predicted molar refractivity (Wildman–Crippen MR) is 165 cm³/mol. The molecule has 0 aromatic heterocycles. The lowest BCUT2D eigenvalue weighted by Crippen LogP contribution is -2.48. The van der Waals surface area contributed by atoms with E-state index in [0.29, 0.717) is 43.9 Å². The molecule has 0 fully saturated rings. The average molecular weight is 589 g/mol. The summed E-state index contributed by atoms with van der Waals surface area (Å²) in [4.78, 5) is 41.0. The quantitative estimate of drug-likeness (QED) is 0.257. The normalized spacial score (nSPS) is 16.2. The smallest absolute Gasteiger partial charge is 0.251 e. The van der Waals surface area contributed by atoms with Crippen LogP contribution in [-0.4, -0.2) is 59.5 Å². The van der Waals surface area contributed by atoms with Crippen LogP contribution in [0.25, 0.3) is 11.1 Å². The van der Waals surface area contributed by atoms with E-state index in [2.05, 4.69) is 16.0 Å². The fourth-order valence-electron chi connectivity index (χ4n) is 5.38. The van der Waals surface area contributed by atoms with E-state index in [9.17, 15) is 23.9 Å². The largest absolute Gasteiger partial charge is 0.392 e. The molecule has 3 amide bonds. The van der Waals surface area contributed by atoms with Gasteiger partial charge in [-0.2, -0.15) is 0 Å². The van der Waals surface area contributed by atoms with Crippen molar-refractivity contribution in [3.05, 3.63) is 94.8 Å². The first-order chi connectivity index (χ1) is 20.6. The number of carbonyl (C=O) groups excluding carboxylic acids is 3. The summed E-state index contributed by atoms with van der Waals surface area (Å²) >= 11 is 0. The van der Waals surface area contributed by atoms with Crippen molar-refractivity contribution < 1.29 is 23.9 Å². The van der Waals surface area contributed by atoms with Crippen molar-refractivity contribution >= 4 is 17.7 Å². The molecule has 8 nitrogen and oxygen atoms in total. The van der Waals surface area contributed by atoms with Gasteiger partial charge >= 0.3 is 0 Å². The molecule has 4 rings (SSSR count). The van der Waals surface area contributed by atoms with E-state index in [-0.39, 0.29) is 42.3 Å². The Hall–Kier alpha value is -4.08. The molecule has 4 N–H and O–H groups in total. The van der Waals surface area contributed by atoms with E-state index in [1.807, 2.05) is 56.3 Å². The van der Waals surface area contributed by atoms with Crippen molar-refractivity contribution in [1.29, 1.82) is 0 Å². The standard InChI is InChI=1S/C34H41FN4O4/c1-4-37-33(42)30-8-6-5-7-29(30)25-11-9-24(10-12-25)20-39-21-26-13-14-28(35)16-27(26)17-31(34(39)43)38-32(41)15-22(2)18-36-19-23(3)40/h5-14,16,22-23,31,36,40H,4,15,17-21H2,1-3H3,(H,37,42)(H,38,41)/t22?,23-,31-/m1/s1. The molecule has 0 radical (unpaired) electrons.